The maximum absolute atomic E-state index is 12.3. The molecule has 2 aromatic carbocycles. The van der Waals surface area contributed by atoms with Crippen molar-refractivity contribution in [2.24, 2.45) is 0 Å². The molecule has 1 amide bonds. The minimum absolute atomic E-state index is 0.0461. The topological polar surface area (TPSA) is 103 Å². The van der Waals surface area contributed by atoms with E-state index >= 15 is 0 Å². The second-order valence-corrected chi connectivity index (χ2v) is 6.25. The average Bonchev–Trinajstić information content (AvgIpc) is 2.61. The average molecular weight is 430 g/mol. The van der Waals surface area contributed by atoms with Crippen LogP contribution in [0.1, 0.15) is 10.4 Å². The van der Waals surface area contributed by atoms with Crippen molar-refractivity contribution < 1.29 is 19.2 Å². The molecule has 0 saturated carbocycles. The Bertz CT molecular complexity index is 900. The first-order valence-electron chi connectivity index (χ1n) is 7.24. The van der Waals surface area contributed by atoms with Gasteiger partial charge in [0.1, 0.15) is 5.75 Å². The first kappa shape index (κ1) is 20.7. The Kier molecular flexibility index (Phi) is 6.78. The number of hydrogen-bond donors (Lipinski definition) is 2. The SMILES string of the molecule is COc1cc([N+](=O)[O-])ccc1NC(=S)NC(=O)c1cc(Cl)c(OC)c(Cl)c1. The Morgan fingerprint density at radius 1 is 1.15 bits per heavy atom. The molecule has 0 bridgehead atoms. The van der Waals surface area contributed by atoms with Crippen LogP contribution in [0, 0.1) is 10.1 Å². The summed E-state index contributed by atoms with van der Waals surface area (Å²) >= 11 is 17.1. The molecule has 2 rings (SSSR count). The molecule has 11 heteroatoms. The van der Waals surface area contributed by atoms with Gasteiger partial charge in [-0.15, -0.1) is 0 Å². The van der Waals surface area contributed by atoms with Crippen LogP contribution in [-0.2, 0) is 0 Å². The van der Waals surface area contributed by atoms with Crippen LogP contribution >= 0.6 is 35.4 Å². The summed E-state index contributed by atoms with van der Waals surface area (Å²) in [6.45, 7) is 0. The van der Waals surface area contributed by atoms with Crippen molar-refractivity contribution in [3.63, 3.8) is 0 Å². The lowest BCUT2D eigenvalue weighted by molar-refractivity contribution is -0.384. The second kappa shape index (κ2) is 8.85. The molecule has 0 saturated heterocycles. The van der Waals surface area contributed by atoms with E-state index in [1.54, 1.807) is 0 Å². The molecule has 27 heavy (non-hydrogen) atoms. The van der Waals surface area contributed by atoms with Crippen LogP contribution < -0.4 is 20.1 Å². The zero-order chi connectivity index (χ0) is 20.1. The van der Waals surface area contributed by atoms with Crippen molar-refractivity contribution >= 4 is 57.8 Å². The molecular formula is C16H13Cl2N3O5S. The number of rotatable bonds is 5. The fraction of sp³-hybridized carbons (Fsp3) is 0.125. The lowest BCUT2D eigenvalue weighted by atomic mass is 10.2. The number of thiocarbonyl (C=S) groups is 1. The number of non-ortho nitro benzene ring substituents is 1. The van der Waals surface area contributed by atoms with Crippen molar-refractivity contribution in [1.29, 1.82) is 0 Å². The number of benzene rings is 2. The predicted molar refractivity (Wildman–Crippen MR) is 106 cm³/mol. The van der Waals surface area contributed by atoms with Gasteiger partial charge in [-0.05, 0) is 30.4 Å². The summed E-state index contributed by atoms with van der Waals surface area (Å²) in [5.74, 6) is -0.109. The lowest BCUT2D eigenvalue weighted by Crippen LogP contribution is -2.34. The van der Waals surface area contributed by atoms with Crippen LogP contribution in [-0.4, -0.2) is 30.2 Å². The van der Waals surface area contributed by atoms with Gasteiger partial charge in [0.25, 0.3) is 11.6 Å². The number of nitro groups is 1. The second-order valence-electron chi connectivity index (χ2n) is 5.02. The summed E-state index contributed by atoms with van der Waals surface area (Å²) in [4.78, 5) is 22.6. The van der Waals surface area contributed by atoms with Crippen LogP contribution in [0.15, 0.2) is 30.3 Å². The number of anilines is 1. The standard InChI is InChI=1S/C16H13Cl2N3O5S/c1-25-13-7-9(21(23)24)3-4-12(13)19-16(27)20-15(22)8-5-10(17)14(26-2)11(18)6-8/h3-7H,1-2H3,(H2,19,20,22,27). The molecular weight excluding hydrogens is 417 g/mol. The molecule has 2 aromatic rings. The number of methoxy groups -OCH3 is 2. The number of carbonyl (C=O) groups is 1. The van der Waals surface area contributed by atoms with Gasteiger partial charge in [-0.1, -0.05) is 23.2 Å². The fourth-order valence-electron chi connectivity index (χ4n) is 2.11. The van der Waals surface area contributed by atoms with Crippen LogP contribution in [0.2, 0.25) is 10.0 Å². The maximum Gasteiger partial charge on any atom is 0.273 e. The van der Waals surface area contributed by atoms with Gasteiger partial charge in [0.2, 0.25) is 0 Å². The van der Waals surface area contributed by atoms with E-state index in [4.69, 9.17) is 44.9 Å². The fourth-order valence-corrected chi connectivity index (χ4v) is 2.96. The normalized spacial score (nSPS) is 10.1. The van der Waals surface area contributed by atoms with Gasteiger partial charge < -0.3 is 14.8 Å². The molecule has 0 atom stereocenters. The molecule has 0 radical (unpaired) electrons. The third-order valence-electron chi connectivity index (χ3n) is 3.34. The zero-order valence-electron chi connectivity index (χ0n) is 14.0. The smallest absolute Gasteiger partial charge is 0.273 e. The molecule has 2 N–H and O–H groups in total. The van der Waals surface area contributed by atoms with E-state index in [1.165, 1.54) is 44.6 Å². The van der Waals surface area contributed by atoms with E-state index < -0.39 is 10.8 Å². The zero-order valence-corrected chi connectivity index (χ0v) is 16.4. The van der Waals surface area contributed by atoms with Gasteiger partial charge in [-0.3, -0.25) is 20.2 Å². The number of ether oxygens (including phenoxy) is 2. The number of nitro benzene ring substituents is 1. The molecule has 0 aliphatic heterocycles. The minimum atomic E-state index is -0.556. The molecule has 0 fully saturated rings. The monoisotopic (exact) mass is 429 g/mol. The van der Waals surface area contributed by atoms with Gasteiger partial charge in [-0.25, -0.2) is 0 Å². The Hall–Kier alpha value is -2.62. The third-order valence-corrected chi connectivity index (χ3v) is 4.10. The van der Waals surface area contributed by atoms with E-state index in [-0.39, 0.29) is 37.9 Å². The van der Waals surface area contributed by atoms with E-state index in [2.05, 4.69) is 10.6 Å². The first-order valence-corrected chi connectivity index (χ1v) is 8.41. The number of nitrogens with one attached hydrogen (secondary N) is 2. The highest BCUT2D eigenvalue weighted by molar-refractivity contribution is 7.80. The molecule has 0 heterocycles. The summed E-state index contributed by atoms with van der Waals surface area (Å²) in [6.07, 6.45) is 0. The van der Waals surface area contributed by atoms with Crippen molar-refractivity contribution in [1.82, 2.24) is 5.32 Å². The van der Waals surface area contributed by atoms with Gasteiger partial charge >= 0.3 is 0 Å². The van der Waals surface area contributed by atoms with Gasteiger partial charge in [0.15, 0.2) is 10.9 Å². The summed E-state index contributed by atoms with van der Waals surface area (Å²) < 4.78 is 10.1. The molecule has 0 aromatic heterocycles. The summed E-state index contributed by atoms with van der Waals surface area (Å²) in [5.41, 5.74) is 0.375. The Morgan fingerprint density at radius 3 is 2.30 bits per heavy atom. The first-order chi connectivity index (χ1) is 12.8. The Labute approximate surface area is 169 Å². The third kappa shape index (κ3) is 4.97. The van der Waals surface area contributed by atoms with Gasteiger partial charge in [0.05, 0.1) is 40.9 Å². The molecule has 0 spiro atoms. The number of carbonyl (C=O) groups excluding carboxylic acids is 1. The minimum Gasteiger partial charge on any atom is -0.494 e. The quantitative estimate of drug-likeness (QED) is 0.419. The van der Waals surface area contributed by atoms with E-state index in [9.17, 15) is 14.9 Å². The summed E-state index contributed by atoms with van der Waals surface area (Å²) in [7, 11) is 2.76. The van der Waals surface area contributed by atoms with Crippen LogP contribution in [0.5, 0.6) is 11.5 Å². The molecule has 0 aliphatic rings. The van der Waals surface area contributed by atoms with Gasteiger partial charge in [0, 0.05) is 11.6 Å². The van der Waals surface area contributed by atoms with Crippen molar-refractivity contribution in [2.75, 3.05) is 19.5 Å². The van der Waals surface area contributed by atoms with E-state index in [0.717, 1.165) is 0 Å². The molecule has 0 unspecified atom stereocenters. The van der Waals surface area contributed by atoms with Crippen molar-refractivity contribution in [3.05, 3.63) is 56.1 Å². The summed E-state index contributed by atoms with van der Waals surface area (Å²) in [5, 5.41) is 16.3. The largest absolute Gasteiger partial charge is 0.494 e. The highest BCUT2D eigenvalue weighted by Gasteiger charge is 2.16. The molecule has 142 valence electrons. The molecule has 0 aliphatic carbocycles. The van der Waals surface area contributed by atoms with E-state index in [0.29, 0.717) is 5.69 Å². The number of nitrogens with zero attached hydrogens (tertiary/aromatic N) is 1. The van der Waals surface area contributed by atoms with Gasteiger partial charge in [-0.2, -0.15) is 0 Å². The Morgan fingerprint density at radius 2 is 1.78 bits per heavy atom. The number of hydrogen-bond acceptors (Lipinski definition) is 6. The number of amides is 1. The molecule has 8 nitrogen and oxygen atoms in total. The van der Waals surface area contributed by atoms with E-state index in [1.807, 2.05) is 0 Å². The predicted octanol–water partition coefficient (Wildman–Crippen LogP) is 4.05. The van der Waals surface area contributed by atoms with Crippen LogP contribution in [0.4, 0.5) is 11.4 Å². The number of halogens is 2. The maximum atomic E-state index is 12.3. The van der Waals surface area contributed by atoms with Crippen molar-refractivity contribution in [2.45, 2.75) is 0 Å². The highest BCUT2D eigenvalue weighted by Crippen LogP contribution is 2.34. The van der Waals surface area contributed by atoms with Crippen LogP contribution in [0.25, 0.3) is 0 Å². The summed E-state index contributed by atoms with van der Waals surface area (Å²) in [6, 6.07) is 6.69. The highest BCUT2D eigenvalue weighted by atomic mass is 35.5. The Balaban J connectivity index is 2.14. The van der Waals surface area contributed by atoms with Crippen LogP contribution in [0.3, 0.4) is 0 Å². The lowest BCUT2D eigenvalue weighted by Gasteiger charge is -2.13. The van der Waals surface area contributed by atoms with Crippen molar-refractivity contribution in [3.8, 4) is 11.5 Å².